The molecule has 0 amide bonds. The van der Waals surface area contributed by atoms with Crippen molar-refractivity contribution in [3.8, 4) is 0 Å². The van der Waals surface area contributed by atoms with Crippen LogP contribution in [0.3, 0.4) is 0 Å². The molecule has 1 atom stereocenters. The number of hydrogen-bond donors (Lipinski definition) is 2. The molecule has 2 aromatic rings. The van der Waals surface area contributed by atoms with Crippen LogP contribution in [-0.2, 0) is 11.2 Å². The lowest BCUT2D eigenvalue weighted by Crippen LogP contribution is -2.31. The lowest BCUT2D eigenvalue weighted by molar-refractivity contribution is -0.385. The zero-order valence-corrected chi connectivity index (χ0v) is 11.4. The van der Waals surface area contributed by atoms with Crippen LogP contribution in [0.5, 0.6) is 0 Å². The maximum Gasteiger partial charge on any atom is 0.326 e. The molecule has 0 saturated carbocycles. The molecule has 0 aromatic heterocycles. The fourth-order valence-corrected chi connectivity index (χ4v) is 1.97. The third-order valence-corrected chi connectivity index (χ3v) is 3.07. The Hall–Kier alpha value is -2.96. The van der Waals surface area contributed by atoms with Crippen LogP contribution in [0.25, 0.3) is 0 Å². The number of carbonyl (C=O) groups is 1. The summed E-state index contributed by atoms with van der Waals surface area (Å²) in [5, 5.41) is 22.4. The molecule has 0 fully saturated rings. The van der Waals surface area contributed by atoms with Crippen molar-refractivity contribution in [2.45, 2.75) is 12.5 Å². The molecule has 2 N–H and O–H groups in total. The fraction of sp³-hybridized carbons (Fsp3) is 0.133. The number of anilines is 1. The van der Waals surface area contributed by atoms with Gasteiger partial charge in [-0.3, -0.25) is 10.1 Å². The number of nitrogens with one attached hydrogen (secondary N) is 1. The van der Waals surface area contributed by atoms with Crippen LogP contribution < -0.4 is 5.32 Å². The van der Waals surface area contributed by atoms with Crippen LogP contribution in [0.15, 0.2) is 48.5 Å². The third kappa shape index (κ3) is 3.78. The van der Waals surface area contributed by atoms with Crippen molar-refractivity contribution in [1.29, 1.82) is 0 Å². The van der Waals surface area contributed by atoms with Crippen molar-refractivity contribution in [3.05, 3.63) is 70.0 Å². The summed E-state index contributed by atoms with van der Waals surface area (Å²) in [5.74, 6) is -2.00. The second-order valence-electron chi connectivity index (χ2n) is 4.65. The molecule has 0 spiro atoms. The molecular formula is C15H13FN2O4. The van der Waals surface area contributed by atoms with Gasteiger partial charge in [0.05, 0.1) is 16.7 Å². The topological polar surface area (TPSA) is 92.5 Å². The van der Waals surface area contributed by atoms with E-state index in [-0.39, 0.29) is 12.1 Å². The van der Waals surface area contributed by atoms with E-state index in [9.17, 15) is 24.4 Å². The van der Waals surface area contributed by atoms with Gasteiger partial charge in [-0.1, -0.05) is 30.3 Å². The molecule has 0 aliphatic rings. The average molecular weight is 304 g/mol. The van der Waals surface area contributed by atoms with Crippen LogP contribution in [0.2, 0.25) is 0 Å². The van der Waals surface area contributed by atoms with Gasteiger partial charge in [0.2, 0.25) is 0 Å². The van der Waals surface area contributed by atoms with Gasteiger partial charge in [-0.2, -0.15) is 0 Å². The number of benzene rings is 2. The predicted octanol–water partition coefficient (Wildman–Crippen LogP) is 2.84. The second kappa shape index (κ2) is 6.66. The number of nitro benzene ring substituents is 1. The summed E-state index contributed by atoms with van der Waals surface area (Å²) in [4.78, 5) is 21.1. The maximum atomic E-state index is 13.8. The first-order valence-electron chi connectivity index (χ1n) is 6.44. The van der Waals surface area contributed by atoms with Crippen LogP contribution in [0.1, 0.15) is 5.56 Å². The molecule has 22 heavy (non-hydrogen) atoms. The second-order valence-corrected chi connectivity index (χ2v) is 4.65. The Kier molecular flexibility index (Phi) is 4.67. The fourth-order valence-electron chi connectivity index (χ4n) is 1.97. The van der Waals surface area contributed by atoms with E-state index in [1.807, 2.05) is 6.07 Å². The lowest BCUT2D eigenvalue weighted by atomic mass is 10.1. The normalized spacial score (nSPS) is 11.7. The van der Waals surface area contributed by atoms with Gasteiger partial charge in [-0.25, -0.2) is 9.18 Å². The van der Waals surface area contributed by atoms with E-state index in [4.69, 9.17) is 0 Å². The standard InChI is InChI=1S/C15H13FN2O4/c16-12-9-11(18(21)22)6-7-13(12)17-14(15(19)20)8-10-4-2-1-3-5-10/h1-7,9,14,17H,8H2,(H,19,20)/t14-/m0/s1. The first-order chi connectivity index (χ1) is 10.5. The minimum Gasteiger partial charge on any atom is -0.480 e. The predicted molar refractivity (Wildman–Crippen MR) is 78.2 cm³/mol. The zero-order valence-electron chi connectivity index (χ0n) is 11.4. The lowest BCUT2D eigenvalue weighted by Gasteiger charge is -2.16. The Morgan fingerprint density at radius 3 is 2.50 bits per heavy atom. The van der Waals surface area contributed by atoms with Crippen molar-refractivity contribution >= 4 is 17.3 Å². The minimum atomic E-state index is -1.14. The highest BCUT2D eigenvalue weighted by Crippen LogP contribution is 2.21. The Bertz CT molecular complexity index is 691. The van der Waals surface area contributed by atoms with Gasteiger partial charge >= 0.3 is 5.97 Å². The quantitative estimate of drug-likeness (QED) is 0.632. The number of hydrogen-bond acceptors (Lipinski definition) is 4. The van der Waals surface area contributed by atoms with E-state index in [0.717, 1.165) is 23.8 Å². The van der Waals surface area contributed by atoms with Gasteiger partial charge in [-0.05, 0) is 11.6 Å². The Morgan fingerprint density at radius 1 is 1.27 bits per heavy atom. The number of nitrogens with zero attached hydrogens (tertiary/aromatic N) is 1. The summed E-state index contributed by atoms with van der Waals surface area (Å²) >= 11 is 0. The van der Waals surface area contributed by atoms with E-state index < -0.39 is 28.4 Å². The number of halogens is 1. The van der Waals surface area contributed by atoms with E-state index >= 15 is 0 Å². The molecule has 0 heterocycles. The van der Waals surface area contributed by atoms with E-state index in [1.54, 1.807) is 24.3 Å². The monoisotopic (exact) mass is 304 g/mol. The number of aliphatic carboxylic acids is 1. The Labute approximate surface area is 125 Å². The summed E-state index contributed by atoms with van der Waals surface area (Å²) in [5.41, 5.74) is 0.302. The molecular weight excluding hydrogens is 291 g/mol. The molecule has 0 unspecified atom stereocenters. The maximum absolute atomic E-state index is 13.8. The molecule has 0 aliphatic carbocycles. The van der Waals surface area contributed by atoms with E-state index in [2.05, 4.69) is 5.32 Å². The Morgan fingerprint density at radius 2 is 1.95 bits per heavy atom. The molecule has 7 heteroatoms. The number of non-ortho nitro benzene ring substituents is 1. The van der Waals surface area contributed by atoms with Gasteiger partial charge < -0.3 is 10.4 Å². The molecule has 0 bridgehead atoms. The number of carboxylic acid groups (broad SMARTS) is 1. The zero-order chi connectivity index (χ0) is 16.1. The van der Waals surface area contributed by atoms with Crippen molar-refractivity contribution in [1.82, 2.24) is 0 Å². The first kappa shape index (κ1) is 15.4. The van der Waals surface area contributed by atoms with Crippen molar-refractivity contribution in [2.24, 2.45) is 0 Å². The van der Waals surface area contributed by atoms with Gasteiger partial charge in [0.15, 0.2) is 5.82 Å². The highest BCUT2D eigenvalue weighted by atomic mass is 19.1. The summed E-state index contributed by atoms with van der Waals surface area (Å²) in [6.07, 6.45) is 0.159. The summed E-state index contributed by atoms with van der Waals surface area (Å²) in [6, 6.07) is 10.9. The number of carboxylic acids is 1. The molecule has 6 nitrogen and oxygen atoms in total. The molecule has 2 aromatic carbocycles. The van der Waals surface area contributed by atoms with Crippen molar-refractivity contribution in [3.63, 3.8) is 0 Å². The molecule has 114 valence electrons. The SMILES string of the molecule is O=C(O)[C@H](Cc1ccccc1)Nc1ccc([N+](=O)[O-])cc1F. The van der Waals surface area contributed by atoms with E-state index in [1.165, 1.54) is 0 Å². The highest BCUT2D eigenvalue weighted by molar-refractivity contribution is 5.78. The van der Waals surface area contributed by atoms with Crippen molar-refractivity contribution in [2.75, 3.05) is 5.32 Å². The molecule has 2 rings (SSSR count). The van der Waals surface area contributed by atoms with Crippen molar-refractivity contribution < 1.29 is 19.2 Å². The van der Waals surface area contributed by atoms with E-state index in [0.29, 0.717) is 0 Å². The third-order valence-electron chi connectivity index (χ3n) is 3.07. The van der Waals surface area contributed by atoms with Crippen LogP contribution >= 0.6 is 0 Å². The van der Waals surface area contributed by atoms with Gasteiger partial charge in [0, 0.05) is 12.5 Å². The summed E-state index contributed by atoms with van der Waals surface area (Å²) < 4.78 is 13.8. The van der Waals surface area contributed by atoms with Gasteiger partial charge in [0.1, 0.15) is 6.04 Å². The average Bonchev–Trinajstić information content (AvgIpc) is 2.49. The molecule has 0 saturated heterocycles. The minimum absolute atomic E-state index is 0.0890. The van der Waals surface area contributed by atoms with Crippen LogP contribution in [0.4, 0.5) is 15.8 Å². The van der Waals surface area contributed by atoms with Gasteiger partial charge in [0.25, 0.3) is 5.69 Å². The summed E-state index contributed by atoms with van der Waals surface area (Å²) in [6.45, 7) is 0. The Balaban J connectivity index is 2.18. The van der Waals surface area contributed by atoms with Crippen LogP contribution in [0, 0.1) is 15.9 Å². The molecule has 0 aliphatic heterocycles. The highest BCUT2D eigenvalue weighted by Gasteiger charge is 2.20. The largest absolute Gasteiger partial charge is 0.480 e. The summed E-state index contributed by atoms with van der Waals surface area (Å²) in [7, 11) is 0. The number of nitro groups is 1. The first-order valence-corrected chi connectivity index (χ1v) is 6.44. The van der Waals surface area contributed by atoms with Gasteiger partial charge in [-0.15, -0.1) is 0 Å². The molecule has 0 radical (unpaired) electrons. The van der Waals surface area contributed by atoms with Crippen LogP contribution in [-0.4, -0.2) is 22.0 Å². The smallest absolute Gasteiger partial charge is 0.326 e. The number of rotatable bonds is 6.